The minimum Gasteiger partial charge on any atom is -0.451 e. The van der Waals surface area contributed by atoms with Crippen LogP contribution >= 0.6 is 11.6 Å². The standard InChI is InChI=1S/C18H11ClF3N3O4/c19-13-6-5-9(7-12(13)18(20,21)22)23-14(26)8-29-17(28)15-10-3-1-2-4-11(10)16(27)25-24-15/h1-7H,8H2,(H,23,26)(H,25,27). The van der Waals surface area contributed by atoms with Gasteiger partial charge >= 0.3 is 12.1 Å². The van der Waals surface area contributed by atoms with Crippen molar-refractivity contribution in [3.8, 4) is 0 Å². The van der Waals surface area contributed by atoms with Crippen LogP contribution in [0.4, 0.5) is 18.9 Å². The number of anilines is 1. The quantitative estimate of drug-likeness (QED) is 0.624. The van der Waals surface area contributed by atoms with E-state index in [0.717, 1.165) is 6.07 Å². The fourth-order valence-electron chi connectivity index (χ4n) is 2.49. The molecule has 1 aromatic heterocycles. The Bertz CT molecular complexity index is 1160. The molecule has 0 radical (unpaired) electrons. The number of aromatic amines is 1. The van der Waals surface area contributed by atoms with Crippen LogP contribution in [0, 0.1) is 0 Å². The van der Waals surface area contributed by atoms with Crippen molar-refractivity contribution in [2.24, 2.45) is 0 Å². The molecule has 0 fully saturated rings. The number of alkyl halides is 3. The van der Waals surface area contributed by atoms with E-state index in [1.807, 2.05) is 0 Å². The molecule has 0 saturated heterocycles. The van der Waals surface area contributed by atoms with E-state index in [1.165, 1.54) is 18.2 Å². The van der Waals surface area contributed by atoms with Gasteiger partial charge in [0.15, 0.2) is 12.3 Å². The largest absolute Gasteiger partial charge is 0.451 e. The Labute approximate surface area is 165 Å². The number of ether oxygens (including phenoxy) is 1. The Balaban J connectivity index is 1.70. The lowest BCUT2D eigenvalue weighted by Gasteiger charge is -2.12. The number of nitrogens with zero attached hydrogens (tertiary/aromatic N) is 1. The number of benzene rings is 2. The monoisotopic (exact) mass is 425 g/mol. The Morgan fingerprint density at radius 1 is 1.14 bits per heavy atom. The van der Waals surface area contributed by atoms with Crippen LogP contribution in [0.5, 0.6) is 0 Å². The summed E-state index contributed by atoms with van der Waals surface area (Å²) < 4.78 is 43.4. The van der Waals surface area contributed by atoms with Gasteiger partial charge in [-0.05, 0) is 24.3 Å². The first-order chi connectivity index (χ1) is 13.7. The van der Waals surface area contributed by atoms with E-state index in [1.54, 1.807) is 12.1 Å². The summed E-state index contributed by atoms with van der Waals surface area (Å²) in [5.74, 6) is -1.86. The third-order valence-electron chi connectivity index (χ3n) is 3.78. The molecule has 0 aliphatic rings. The van der Waals surface area contributed by atoms with Crippen molar-refractivity contribution in [2.75, 3.05) is 11.9 Å². The summed E-state index contributed by atoms with van der Waals surface area (Å²) in [6.07, 6.45) is -4.69. The number of esters is 1. The summed E-state index contributed by atoms with van der Waals surface area (Å²) in [6, 6.07) is 8.99. The molecule has 7 nitrogen and oxygen atoms in total. The summed E-state index contributed by atoms with van der Waals surface area (Å²) in [6.45, 7) is -0.780. The third-order valence-corrected chi connectivity index (χ3v) is 4.11. The molecule has 0 unspecified atom stereocenters. The fraction of sp³-hybridized carbons (Fsp3) is 0.111. The molecular formula is C18H11ClF3N3O4. The summed E-state index contributed by atoms with van der Waals surface area (Å²) in [7, 11) is 0. The maximum Gasteiger partial charge on any atom is 0.417 e. The van der Waals surface area contributed by atoms with E-state index in [2.05, 4.69) is 15.5 Å². The minimum atomic E-state index is -4.69. The fourth-order valence-corrected chi connectivity index (χ4v) is 2.71. The van der Waals surface area contributed by atoms with Gasteiger partial charge in [-0.25, -0.2) is 9.89 Å². The zero-order chi connectivity index (χ0) is 21.2. The lowest BCUT2D eigenvalue weighted by Crippen LogP contribution is -2.23. The predicted octanol–water partition coefficient (Wildman–Crippen LogP) is 3.39. The van der Waals surface area contributed by atoms with E-state index in [4.69, 9.17) is 16.3 Å². The smallest absolute Gasteiger partial charge is 0.417 e. The molecule has 150 valence electrons. The highest BCUT2D eigenvalue weighted by Crippen LogP contribution is 2.36. The van der Waals surface area contributed by atoms with Gasteiger partial charge in [0, 0.05) is 11.1 Å². The van der Waals surface area contributed by atoms with Crippen molar-refractivity contribution in [1.29, 1.82) is 0 Å². The molecule has 0 atom stereocenters. The molecule has 0 aliphatic heterocycles. The van der Waals surface area contributed by atoms with E-state index in [0.29, 0.717) is 6.07 Å². The van der Waals surface area contributed by atoms with Crippen LogP contribution in [0.15, 0.2) is 47.3 Å². The second-order valence-corrected chi connectivity index (χ2v) is 6.17. The van der Waals surface area contributed by atoms with Gasteiger partial charge in [-0.3, -0.25) is 9.59 Å². The summed E-state index contributed by atoms with van der Waals surface area (Å²) in [4.78, 5) is 35.9. The zero-order valence-electron chi connectivity index (χ0n) is 14.3. The van der Waals surface area contributed by atoms with Crippen molar-refractivity contribution in [3.05, 3.63) is 69.1 Å². The van der Waals surface area contributed by atoms with Crippen molar-refractivity contribution in [1.82, 2.24) is 10.2 Å². The van der Waals surface area contributed by atoms with Gasteiger partial charge in [-0.1, -0.05) is 29.8 Å². The van der Waals surface area contributed by atoms with E-state index < -0.39 is 40.8 Å². The predicted molar refractivity (Wildman–Crippen MR) is 97.7 cm³/mol. The van der Waals surface area contributed by atoms with Gasteiger partial charge in [-0.2, -0.15) is 18.3 Å². The highest BCUT2D eigenvalue weighted by molar-refractivity contribution is 6.31. The van der Waals surface area contributed by atoms with E-state index in [-0.39, 0.29) is 22.2 Å². The molecule has 1 heterocycles. The van der Waals surface area contributed by atoms with Gasteiger partial charge in [0.05, 0.1) is 16.0 Å². The topological polar surface area (TPSA) is 101 Å². The van der Waals surface area contributed by atoms with Crippen LogP contribution in [0.25, 0.3) is 10.8 Å². The number of carbonyl (C=O) groups is 2. The number of hydrogen-bond donors (Lipinski definition) is 2. The molecule has 0 saturated carbocycles. The van der Waals surface area contributed by atoms with Gasteiger partial charge < -0.3 is 10.1 Å². The molecule has 29 heavy (non-hydrogen) atoms. The molecule has 2 aromatic carbocycles. The van der Waals surface area contributed by atoms with Crippen molar-refractivity contribution >= 4 is 39.9 Å². The van der Waals surface area contributed by atoms with Crippen LogP contribution in [0.1, 0.15) is 16.1 Å². The van der Waals surface area contributed by atoms with Gasteiger partial charge in [-0.15, -0.1) is 0 Å². The molecule has 3 aromatic rings. The minimum absolute atomic E-state index is 0.171. The number of rotatable bonds is 4. The maximum absolute atomic E-state index is 12.9. The molecule has 11 heteroatoms. The molecule has 2 N–H and O–H groups in total. The first kappa shape index (κ1) is 20.3. The third kappa shape index (κ3) is 4.54. The normalized spacial score (nSPS) is 11.3. The molecule has 1 amide bonds. The Hall–Kier alpha value is -3.40. The number of fused-ring (bicyclic) bond motifs is 1. The van der Waals surface area contributed by atoms with Crippen molar-refractivity contribution in [2.45, 2.75) is 6.18 Å². The first-order valence-corrected chi connectivity index (χ1v) is 8.36. The highest BCUT2D eigenvalue weighted by atomic mass is 35.5. The second kappa shape index (κ2) is 7.92. The van der Waals surface area contributed by atoms with Crippen LogP contribution in [-0.2, 0) is 15.7 Å². The number of nitrogens with one attached hydrogen (secondary N) is 2. The number of hydrogen-bond acceptors (Lipinski definition) is 5. The second-order valence-electron chi connectivity index (χ2n) is 5.76. The summed E-state index contributed by atoms with van der Waals surface area (Å²) >= 11 is 5.51. The average Bonchev–Trinajstić information content (AvgIpc) is 2.67. The highest BCUT2D eigenvalue weighted by Gasteiger charge is 2.33. The number of carbonyl (C=O) groups excluding carboxylic acids is 2. The Kier molecular flexibility index (Phi) is 5.55. The number of H-pyrrole nitrogens is 1. The average molecular weight is 426 g/mol. The van der Waals surface area contributed by atoms with Crippen LogP contribution in [0.3, 0.4) is 0 Å². The van der Waals surface area contributed by atoms with Gasteiger partial charge in [0.1, 0.15) is 0 Å². The summed E-state index contributed by atoms with van der Waals surface area (Å²) in [5.41, 5.74) is -2.00. The first-order valence-electron chi connectivity index (χ1n) is 7.98. The molecule has 0 bridgehead atoms. The SMILES string of the molecule is O=C(COC(=O)c1n[nH]c(=O)c2ccccc12)Nc1ccc(Cl)c(C(F)(F)F)c1. The Morgan fingerprint density at radius 3 is 2.52 bits per heavy atom. The lowest BCUT2D eigenvalue weighted by atomic mass is 10.1. The number of halogens is 4. The molecule has 0 spiro atoms. The maximum atomic E-state index is 12.9. The molecular weight excluding hydrogens is 415 g/mol. The van der Waals surface area contributed by atoms with Crippen LogP contribution < -0.4 is 10.9 Å². The van der Waals surface area contributed by atoms with Crippen molar-refractivity contribution in [3.63, 3.8) is 0 Å². The van der Waals surface area contributed by atoms with Gasteiger partial charge in [0.25, 0.3) is 11.5 Å². The summed E-state index contributed by atoms with van der Waals surface area (Å²) in [5, 5.41) is 7.89. The lowest BCUT2D eigenvalue weighted by molar-refractivity contribution is -0.137. The van der Waals surface area contributed by atoms with Crippen LogP contribution in [-0.4, -0.2) is 28.7 Å². The number of aromatic nitrogens is 2. The zero-order valence-corrected chi connectivity index (χ0v) is 15.1. The van der Waals surface area contributed by atoms with Crippen LogP contribution in [0.2, 0.25) is 5.02 Å². The Morgan fingerprint density at radius 2 is 1.83 bits per heavy atom. The van der Waals surface area contributed by atoms with Gasteiger partial charge in [0.2, 0.25) is 0 Å². The molecule has 0 aliphatic carbocycles. The molecule has 3 rings (SSSR count). The van der Waals surface area contributed by atoms with E-state index in [9.17, 15) is 27.6 Å². The van der Waals surface area contributed by atoms with Crippen molar-refractivity contribution < 1.29 is 27.5 Å². The number of amides is 1. The van der Waals surface area contributed by atoms with E-state index >= 15 is 0 Å².